The fourth-order valence-corrected chi connectivity index (χ4v) is 4.21. The zero-order valence-corrected chi connectivity index (χ0v) is 14.4. The highest BCUT2D eigenvalue weighted by atomic mass is 32.1. The summed E-state index contributed by atoms with van der Waals surface area (Å²) in [6, 6.07) is 10.5. The summed E-state index contributed by atoms with van der Waals surface area (Å²) in [6.07, 6.45) is 3.64. The molecule has 0 saturated carbocycles. The topological polar surface area (TPSA) is 67.9 Å². The lowest BCUT2D eigenvalue weighted by atomic mass is 10.1. The predicted molar refractivity (Wildman–Crippen MR) is 97.3 cm³/mol. The first kappa shape index (κ1) is 15.1. The largest absolute Gasteiger partial charge is 0.368 e. The lowest BCUT2D eigenvalue weighted by Gasteiger charge is -2.28. The Balaban J connectivity index is 1.56. The van der Waals surface area contributed by atoms with Crippen molar-refractivity contribution in [3.63, 3.8) is 0 Å². The molecule has 1 aromatic carbocycles. The number of hydrogen-bond donors (Lipinski definition) is 1. The minimum atomic E-state index is 0.329. The second-order valence-corrected chi connectivity index (χ2v) is 7.21. The third-order valence-electron chi connectivity index (χ3n) is 4.24. The second kappa shape index (κ2) is 6.20. The van der Waals surface area contributed by atoms with E-state index in [9.17, 15) is 0 Å². The number of rotatable bonds is 3. The molecule has 3 heterocycles. The maximum Gasteiger partial charge on any atom is 0.221 e. The highest BCUT2D eigenvalue weighted by Gasteiger charge is 2.23. The van der Waals surface area contributed by atoms with Crippen molar-refractivity contribution in [3.05, 3.63) is 63.2 Å². The van der Waals surface area contributed by atoms with Crippen molar-refractivity contribution in [2.24, 2.45) is 0 Å². The van der Waals surface area contributed by atoms with E-state index in [0.29, 0.717) is 5.95 Å². The second-order valence-electron chi connectivity index (χ2n) is 6.05. The summed E-state index contributed by atoms with van der Waals surface area (Å²) in [4.78, 5) is 16.9. The number of benzene rings is 1. The molecule has 6 heteroatoms. The molecule has 0 unspecified atom stereocenters. The Kier molecular flexibility index (Phi) is 3.90. The summed E-state index contributed by atoms with van der Waals surface area (Å²) in [6.45, 7) is 3.79. The van der Waals surface area contributed by atoms with Crippen LogP contribution in [-0.2, 0) is 19.4 Å². The molecule has 0 bridgehead atoms. The van der Waals surface area contributed by atoms with Gasteiger partial charge in [0.05, 0.1) is 17.2 Å². The van der Waals surface area contributed by atoms with E-state index >= 15 is 0 Å². The van der Waals surface area contributed by atoms with Crippen molar-refractivity contribution in [1.29, 1.82) is 0 Å². The normalized spacial score (nSPS) is 13.8. The van der Waals surface area contributed by atoms with Gasteiger partial charge in [-0.2, -0.15) is 4.98 Å². The number of anilines is 2. The molecular formula is C18H19N5S. The van der Waals surface area contributed by atoms with Gasteiger partial charge in [-0.15, -0.1) is 11.3 Å². The monoisotopic (exact) mass is 337 g/mol. The molecule has 122 valence electrons. The minimum absolute atomic E-state index is 0.329. The van der Waals surface area contributed by atoms with Crippen molar-refractivity contribution in [2.45, 2.75) is 26.3 Å². The summed E-state index contributed by atoms with van der Waals surface area (Å²) < 4.78 is 0. The molecule has 5 nitrogen and oxygen atoms in total. The number of nitrogens with zero attached hydrogens (tertiary/aromatic N) is 4. The van der Waals surface area contributed by atoms with Gasteiger partial charge in [0.1, 0.15) is 5.82 Å². The average Bonchev–Trinajstić information content (AvgIpc) is 2.99. The molecule has 0 atom stereocenters. The fourth-order valence-electron chi connectivity index (χ4n) is 3.04. The predicted octanol–water partition coefficient (Wildman–Crippen LogP) is 2.98. The quantitative estimate of drug-likeness (QED) is 0.796. The van der Waals surface area contributed by atoms with Crippen LogP contribution in [0.3, 0.4) is 0 Å². The first-order valence-electron chi connectivity index (χ1n) is 8.04. The molecule has 0 saturated heterocycles. The van der Waals surface area contributed by atoms with Crippen LogP contribution in [0.15, 0.2) is 36.5 Å². The first-order valence-corrected chi connectivity index (χ1v) is 8.86. The van der Waals surface area contributed by atoms with Gasteiger partial charge in [-0.3, -0.25) is 0 Å². The summed E-state index contributed by atoms with van der Waals surface area (Å²) in [5.41, 5.74) is 9.36. The Morgan fingerprint density at radius 1 is 1.21 bits per heavy atom. The molecule has 0 radical (unpaired) electrons. The third-order valence-corrected chi connectivity index (χ3v) is 5.32. The van der Waals surface area contributed by atoms with E-state index in [4.69, 9.17) is 10.7 Å². The van der Waals surface area contributed by atoms with Gasteiger partial charge in [0.2, 0.25) is 5.95 Å². The van der Waals surface area contributed by atoms with E-state index in [2.05, 4.69) is 39.1 Å². The number of nitrogens with two attached hydrogens (primary N) is 1. The Hall–Kier alpha value is -2.47. The Morgan fingerprint density at radius 2 is 2.04 bits per heavy atom. The van der Waals surface area contributed by atoms with Gasteiger partial charge in [-0.1, -0.05) is 30.3 Å². The zero-order valence-electron chi connectivity index (χ0n) is 13.6. The molecule has 0 spiro atoms. The van der Waals surface area contributed by atoms with Gasteiger partial charge in [0.15, 0.2) is 0 Å². The molecule has 0 amide bonds. The van der Waals surface area contributed by atoms with E-state index in [1.54, 1.807) is 6.20 Å². The average molecular weight is 337 g/mol. The fraction of sp³-hybridized carbons (Fsp3) is 0.278. The maximum atomic E-state index is 5.76. The highest BCUT2D eigenvalue weighted by Crippen LogP contribution is 2.30. The van der Waals surface area contributed by atoms with E-state index in [0.717, 1.165) is 37.3 Å². The van der Waals surface area contributed by atoms with Crippen LogP contribution in [0, 0.1) is 6.92 Å². The molecule has 24 heavy (non-hydrogen) atoms. The Morgan fingerprint density at radius 3 is 2.88 bits per heavy atom. The lowest BCUT2D eigenvalue weighted by molar-refractivity contribution is 0.713. The van der Waals surface area contributed by atoms with Crippen LogP contribution >= 0.6 is 11.3 Å². The maximum absolute atomic E-state index is 5.76. The van der Waals surface area contributed by atoms with E-state index in [1.165, 1.54) is 21.1 Å². The van der Waals surface area contributed by atoms with Gasteiger partial charge in [-0.25, -0.2) is 9.97 Å². The summed E-state index contributed by atoms with van der Waals surface area (Å²) >= 11 is 1.81. The van der Waals surface area contributed by atoms with Crippen molar-refractivity contribution in [2.75, 3.05) is 17.2 Å². The smallest absolute Gasteiger partial charge is 0.221 e. The van der Waals surface area contributed by atoms with E-state index in [1.807, 2.05) is 24.3 Å². The minimum Gasteiger partial charge on any atom is -0.368 e. The van der Waals surface area contributed by atoms with Gasteiger partial charge >= 0.3 is 0 Å². The van der Waals surface area contributed by atoms with Gasteiger partial charge < -0.3 is 10.6 Å². The first-order chi connectivity index (χ1) is 11.7. The van der Waals surface area contributed by atoms with Gasteiger partial charge in [0, 0.05) is 36.0 Å². The summed E-state index contributed by atoms with van der Waals surface area (Å²) in [5.74, 6) is 1.27. The molecule has 2 aromatic heterocycles. The summed E-state index contributed by atoms with van der Waals surface area (Å²) in [5, 5.41) is 1.19. The number of hydrogen-bond acceptors (Lipinski definition) is 6. The van der Waals surface area contributed by atoms with Crippen molar-refractivity contribution < 1.29 is 0 Å². The van der Waals surface area contributed by atoms with Crippen LogP contribution in [-0.4, -0.2) is 21.5 Å². The van der Waals surface area contributed by atoms with Crippen molar-refractivity contribution in [1.82, 2.24) is 15.0 Å². The van der Waals surface area contributed by atoms with Crippen molar-refractivity contribution in [3.8, 4) is 0 Å². The van der Waals surface area contributed by atoms with Crippen LogP contribution in [0.4, 0.5) is 11.8 Å². The molecular weight excluding hydrogens is 318 g/mol. The standard InChI is InChI=1S/C18H19N5S/c1-12-10-20-18(19)22-17(12)23-8-7-14-15(11-23)24-16(21-14)9-13-5-3-2-4-6-13/h2-6,10H,7-9,11H2,1H3,(H2,19,20,22). The van der Waals surface area contributed by atoms with Crippen molar-refractivity contribution >= 4 is 23.1 Å². The van der Waals surface area contributed by atoms with Crippen LogP contribution in [0.2, 0.25) is 0 Å². The van der Waals surface area contributed by atoms with Crippen LogP contribution in [0.1, 0.15) is 26.7 Å². The number of fused-ring (bicyclic) bond motifs is 1. The van der Waals surface area contributed by atoms with Crippen LogP contribution in [0.5, 0.6) is 0 Å². The third kappa shape index (κ3) is 2.97. The highest BCUT2D eigenvalue weighted by molar-refractivity contribution is 7.11. The molecule has 2 N–H and O–H groups in total. The Bertz CT molecular complexity index is 859. The lowest BCUT2D eigenvalue weighted by Crippen LogP contribution is -2.31. The van der Waals surface area contributed by atoms with Crippen LogP contribution in [0.25, 0.3) is 0 Å². The SMILES string of the molecule is Cc1cnc(N)nc1N1CCc2nc(Cc3ccccc3)sc2C1. The van der Waals surface area contributed by atoms with E-state index < -0.39 is 0 Å². The Labute approximate surface area is 145 Å². The van der Waals surface area contributed by atoms with Gasteiger partial charge in [0.25, 0.3) is 0 Å². The number of aryl methyl sites for hydroxylation is 1. The molecule has 4 rings (SSSR count). The van der Waals surface area contributed by atoms with Crippen LogP contribution < -0.4 is 10.6 Å². The number of nitrogen functional groups attached to an aromatic ring is 1. The zero-order chi connectivity index (χ0) is 16.5. The number of aromatic nitrogens is 3. The molecule has 0 aliphatic carbocycles. The van der Waals surface area contributed by atoms with E-state index in [-0.39, 0.29) is 0 Å². The van der Waals surface area contributed by atoms with Gasteiger partial charge in [-0.05, 0) is 12.5 Å². The molecule has 0 fully saturated rings. The summed E-state index contributed by atoms with van der Waals surface area (Å²) in [7, 11) is 0. The molecule has 1 aliphatic heterocycles. The molecule has 3 aromatic rings. The molecule has 1 aliphatic rings. The number of thiazole rings is 1.